The topological polar surface area (TPSA) is 63.7 Å². The minimum absolute atomic E-state index is 0.0923. The van der Waals surface area contributed by atoms with E-state index in [9.17, 15) is 13.2 Å². The third-order valence-corrected chi connectivity index (χ3v) is 4.89. The van der Waals surface area contributed by atoms with Gasteiger partial charge in [-0.2, -0.15) is 4.31 Å². The molecule has 124 valence electrons. The zero-order valence-corrected chi connectivity index (χ0v) is 14.4. The molecule has 0 saturated carbocycles. The van der Waals surface area contributed by atoms with Crippen LogP contribution in [0.3, 0.4) is 0 Å². The Bertz CT molecular complexity index is 566. The van der Waals surface area contributed by atoms with Gasteiger partial charge in [-0.05, 0) is 37.0 Å². The molecule has 0 unspecified atom stereocenters. The number of rotatable bonds is 8. The summed E-state index contributed by atoms with van der Waals surface area (Å²) in [7, 11) is -3.72. The number of hydrogen-bond acceptors (Lipinski definition) is 4. The largest absolute Gasteiger partial charge is 0.448 e. The molecule has 22 heavy (non-hydrogen) atoms. The van der Waals surface area contributed by atoms with Gasteiger partial charge in [0, 0.05) is 0 Å². The summed E-state index contributed by atoms with van der Waals surface area (Å²) in [6, 6.07) is 7.01. The number of carbonyl (C=O) groups excluding carboxylic acids is 1. The summed E-state index contributed by atoms with van der Waals surface area (Å²) in [6.45, 7) is 5.90. The van der Waals surface area contributed by atoms with Crippen molar-refractivity contribution in [1.82, 2.24) is 0 Å². The standard InChI is InChI=1S/C16H25NO4S/c1-4-7-14-8-10-15(11-9-14)17(16(18)21-12-5-2)22(19,20)13-6-3/h8-11H,4-7,12-13H2,1-3H3. The maximum Gasteiger partial charge on any atom is 0.428 e. The predicted octanol–water partition coefficient (Wildman–Crippen LogP) is 3.73. The maximum atomic E-state index is 12.4. The molecule has 0 bridgehead atoms. The first kappa shape index (κ1) is 18.5. The van der Waals surface area contributed by atoms with Crippen molar-refractivity contribution in [3.8, 4) is 0 Å². The highest BCUT2D eigenvalue weighted by Gasteiger charge is 2.29. The molecule has 0 radical (unpaired) electrons. The van der Waals surface area contributed by atoms with Gasteiger partial charge in [0.1, 0.15) is 0 Å². The fraction of sp³-hybridized carbons (Fsp3) is 0.562. The number of nitrogens with zero attached hydrogens (tertiary/aromatic N) is 1. The molecule has 0 N–H and O–H groups in total. The van der Waals surface area contributed by atoms with E-state index in [1.54, 1.807) is 19.1 Å². The van der Waals surface area contributed by atoms with Crippen LogP contribution in [0, 0.1) is 0 Å². The molecule has 0 saturated heterocycles. The lowest BCUT2D eigenvalue weighted by Crippen LogP contribution is -2.39. The highest BCUT2D eigenvalue weighted by molar-refractivity contribution is 7.93. The molecule has 1 rings (SSSR count). The van der Waals surface area contributed by atoms with Crippen molar-refractivity contribution in [2.75, 3.05) is 16.7 Å². The Kier molecular flexibility index (Phi) is 7.38. The van der Waals surface area contributed by atoms with E-state index in [1.807, 2.05) is 19.1 Å². The molecule has 0 aliphatic carbocycles. The minimum Gasteiger partial charge on any atom is -0.448 e. The van der Waals surface area contributed by atoms with E-state index in [0.717, 1.165) is 22.7 Å². The lowest BCUT2D eigenvalue weighted by molar-refractivity contribution is 0.158. The van der Waals surface area contributed by atoms with Gasteiger partial charge in [0.05, 0.1) is 18.0 Å². The van der Waals surface area contributed by atoms with E-state index in [0.29, 0.717) is 18.5 Å². The van der Waals surface area contributed by atoms with Gasteiger partial charge in [0.15, 0.2) is 0 Å². The number of hydrogen-bond donors (Lipinski definition) is 0. The molecule has 0 heterocycles. The minimum atomic E-state index is -3.72. The van der Waals surface area contributed by atoms with Gasteiger partial charge in [-0.3, -0.25) is 0 Å². The van der Waals surface area contributed by atoms with Crippen LogP contribution in [-0.4, -0.2) is 26.9 Å². The Hall–Kier alpha value is -1.56. The van der Waals surface area contributed by atoms with E-state index in [1.165, 1.54) is 0 Å². The summed E-state index contributed by atoms with van der Waals surface area (Å²) in [5, 5.41) is 0. The highest BCUT2D eigenvalue weighted by Crippen LogP contribution is 2.21. The van der Waals surface area contributed by atoms with Crippen LogP contribution in [0.15, 0.2) is 24.3 Å². The van der Waals surface area contributed by atoms with Gasteiger partial charge >= 0.3 is 6.09 Å². The second-order valence-corrected chi connectivity index (χ2v) is 7.05. The summed E-state index contributed by atoms with van der Waals surface area (Å²) >= 11 is 0. The Labute approximate surface area is 133 Å². The number of amides is 1. The van der Waals surface area contributed by atoms with E-state index in [4.69, 9.17) is 4.74 Å². The molecule has 1 aromatic rings. The number of ether oxygens (including phenoxy) is 1. The molecular weight excluding hydrogens is 302 g/mol. The Morgan fingerprint density at radius 3 is 2.18 bits per heavy atom. The molecule has 0 fully saturated rings. The van der Waals surface area contributed by atoms with E-state index < -0.39 is 16.1 Å². The molecule has 6 heteroatoms. The average molecular weight is 327 g/mol. The monoisotopic (exact) mass is 327 g/mol. The second kappa shape index (κ2) is 8.78. The molecule has 0 aliphatic rings. The van der Waals surface area contributed by atoms with Crippen molar-refractivity contribution in [2.45, 2.75) is 46.5 Å². The van der Waals surface area contributed by atoms with Crippen molar-refractivity contribution in [1.29, 1.82) is 0 Å². The predicted molar refractivity (Wildman–Crippen MR) is 88.6 cm³/mol. The molecule has 0 atom stereocenters. The molecular formula is C16H25NO4S. The Morgan fingerprint density at radius 1 is 1.05 bits per heavy atom. The lowest BCUT2D eigenvalue weighted by atomic mass is 10.1. The number of carbonyl (C=O) groups is 1. The summed E-state index contributed by atoms with van der Waals surface area (Å²) in [6.07, 6.45) is 2.17. The first-order valence-electron chi connectivity index (χ1n) is 7.74. The zero-order valence-electron chi connectivity index (χ0n) is 13.5. The van der Waals surface area contributed by atoms with E-state index in [2.05, 4.69) is 6.92 Å². The Morgan fingerprint density at radius 2 is 1.68 bits per heavy atom. The highest BCUT2D eigenvalue weighted by atomic mass is 32.2. The fourth-order valence-corrected chi connectivity index (χ4v) is 3.48. The van der Waals surface area contributed by atoms with Crippen LogP contribution < -0.4 is 4.31 Å². The average Bonchev–Trinajstić information content (AvgIpc) is 2.47. The van der Waals surface area contributed by atoms with Gasteiger partial charge in [-0.15, -0.1) is 0 Å². The quantitative estimate of drug-likeness (QED) is 0.730. The molecule has 0 aliphatic heterocycles. The van der Waals surface area contributed by atoms with Gasteiger partial charge in [-0.1, -0.05) is 39.3 Å². The summed E-state index contributed by atoms with van der Waals surface area (Å²) < 4.78 is 30.5. The zero-order chi connectivity index (χ0) is 16.6. The van der Waals surface area contributed by atoms with E-state index in [-0.39, 0.29) is 12.4 Å². The molecule has 0 spiro atoms. The van der Waals surface area contributed by atoms with Gasteiger partial charge < -0.3 is 4.74 Å². The van der Waals surface area contributed by atoms with Crippen molar-refractivity contribution in [3.63, 3.8) is 0 Å². The van der Waals surface area contributed by atoms with Crippen molar-refractivity contribution < 1.29 is 17.9 Å². The van der Waals surface area contributed by atoms with Gasteiger partial charge in [0.2, 0.25) is 10.0 Å². The van der Waals surface area contributed by atoms with Crippen molar-refractivity contribution in [3.05, 3.63) is 29.8 Å². The van der Waals surface area contributed by atoms with Crippen molar-refractivity contribution in [2.24, 2.45) is 0 Å². The SMILES string of the molecule is CCCOC(=O)N(c1ccc(CCC)cc1)S(=O)(=O)CCC. The van der Waals surface area contributed by atoms with Crippen molar-refractivity contribution >= 4 is 21.8 Å². The smallest absolute Gasteiger partial charge is 0.428 e. The summed E-state index contributed by atoms with van der Waals surface area (Å²) in [5.41, 5.74) is 1.44. The molecule has 1 amide bonds. The molecule has 1 aromatic carbocycles. The Balaban J connectivity index is 3.11. The van der Waals surface area contributed by atoms with Crippen LogP contribution in [0.5, 0.6) is 0 Å². The van der Waals surface area contributed by atoms with Crippen LogP contribution in [-0.2, 0) is 21.2 Å². The number of sulfonamides is 1. The number of benzene rings is 1. The first-order valence-corrected chi connectivity index (χ1v) is 9.35. The van der Waals surface area contributed by atoms with Crippen LogP contribution in [0.4, 0.5) is 10.5 Å². The lowest BCUT2D eigenvalue weighted by Gasteiger charge is -2.22. The molecule has 5 nitrogen and oxygen atoms in total. The van der Waals surface area contributed by atoms with Crippen LogP contribution in [0.1, 0.15) is 45.6 Å². The second-order valence-electron chi connectivity index (χ2n) is 5.11. The fourth-order valence-electron chi connectivity index (χ4n) is 2.06. The number of aryl methyl sites for hydroxylation is 1. The third kappa shape index (κ3) is 5.02. The summed E-state index contributed by atoms with van der Waals surface area (Å²) in [4.78, 5) is 12.2. The van der Waals surface area contributed by atoms with Crippen LogP contribution in [0.2, 0.25) is 0 Å². The number of anilines is 1. The van der Waals surface area contributed by atoms with E-state index >= 15 is 0 Å². The summed E-state index contributed by atoms with van der Waals surface area (Å²) in [5.74, 6) is -0.0923. The van der Waals surface area contributed by atoms with Gasteiger partial charge in [0.25, 0.3) is 0 Å². The normalized spacial score (nSPS) is 11.2. The van der Waals surface area contributed by atoms with Crippen LogP contribution in [0.25, 0.3) is 0 Å². The van der Waals surface area contributed by atoms with Gasteiger partial charge in [-0.25, -0.2) is 13.2 Å². The molecule has 0 aromatic heterocycles. The third-order valence-electron chi connectivity index (χ3n) is 3.05. The maximum absolute atomic E-state index is 12.4. The first-order chi connectivity index (χ1) is 10.5. The van der Waals surface area contributed by atoms with Crippen LogP contribution >= 0.6 is 0 Å².